The monoisotopic (exact) mass is 412 g/mol. The Hall–Kier alpha value is -2.44. The highest BCUT2D eigenvalue weighted by atomic mass is 32.1. The SMILES string of the molecule is CCOCCn1c(=NC(=O)Cc2cc(C)ccc2OC)sc2cc(C)c(C)cc21. The van der Waals surface area contributed by atoms with E-state index in [1.165, 1.54) is 11.1 Å². The lowest BCUT2D eigenvalue weighted by molar-refractivity contribution is -0.117. The second-order valence-corrected chi connectivity index (χ2v) is 8.14. The fourth-order valence-electron chi connectivity index (χ4n) is 3.28. The topological polar surface area (TPSA) is 52.8 Å². The van der Waals surface area contributed by atoms with E-state index in [2.05, 4.69) is 35.5 Å². The number of ether oxygens (including phenoxy) is 2. The maximum atomic E-state index is 12.8. The van der Waals surface area contributed by atoms with E-state index in [0.29, 0.717) is 30.3 Å². The highest BCUT2D eigenvalue weighted by molar-refractivity contribution is 7.16. The fraction of sp³-hybridized carbons (Fsp3) is 0.391. The van der Waals surface area contributed by atoms with Crippen LogP contribution in [0.5, 0.6) is 5.75 Å². The van der Waals surface area contributed by atoms with Crippen LogP contribution in [0.15, 0.2) is 35.3 Å². The van der Waals surface area contributed by atoms with Crippen LogP contribution in [-0.2, 0) is 22.5 Å². The molecule has 0 radical (unpaired) electrons. The van der Waals surface area contributed by atoms with E-state index in [4.69, 9.17) is 9.47 Å². The van der Waals surface area contributed by atoms with Crippen molar-refractivity contribution in [2.75, 3.05) is 20.3 Å². The average molecular weight is 413 g/mol. The average Bonchev–Trinajstić information content (AvgIpc) is 2.98. The van der Waals surface area contributed by atoms with Crippen LogP contribution in [0.4, 0.5) is 0 Å². The van der Waals surface area contributed by atoms with Gasteiger partial charge in [0.2, 0.25) is 0 Å². The summed E-state index contributed by atoms with van der Waals surface area (Å²) in [6.45, 7) is 10.1. The van der Waals surface area contributed by atoms with Gasteiger partial charge in [-0.2, -0.15) is 4.99 Å². The standard InChI is InChI=1S/C23H28N2O3S/c1-6-28-10-9-25-19-12-16(3)17(4)13-21(19)29-23(25)24-22(26)14-18-11-15(2)7-8-20(18)27-5/h7-8,11-13H,6,9-10,14H2,1-5H3. The maximum Gasteiger partial charge on any atom is 0.252 e. The second-order valence-electron chi connectivity index (χ2n) is 7.14. The molecule has 0 aliphatic heterocycles. The van der Waals surface area contributed by atoms with Gasteiger partial charge in [-0.05, 0) is 57.0 Å². The van der Waals surface area contributed by atoms with Gasteiger partial charge in [-0.3, -0.25) is 4.79 Å². The molecule has 154 valence electrons. The normalized spacial score (nSPS) is 12.0. The van der Waals surface area contributed by atoms with Crippen LogP contribution in [0.1, 0.15) is 29.2 Å². The van der Waals surface area contributed by atoms with Crippen LogP contribution in [0, 0.1) is 20.8 Å². The van der Waals surface area contributed by atoms with Gasteiger partial charge in [0.15, 0.2) is 4.80 Å². The van der Waals surface area contributed by atoms with Gasteiger partial charge in [0.25, 0.3) is 5.91 Å². The van der Waals surface area contributed by atoms with Gasteiger partial charge in [-0.25, -0.2) is 0 Å². The molecule has 6 heteroatoms. The molecule has 0 atom stereocenters. The molecular formula is C23H28N2O3S. The minimum atomic E-state index is -0.181. The Balaban J connectivity index is 2.00. The van der Waals surface area contributed by atoms with Gasteiger partial charge < -0.3 is 14.0 Å². The van der Waals surface area contributed by atoms with E-state index in [9.17, 15) is 4.79 Å². The summed E-state index contributed by atoms with van der Waals surface area (Å²) in [6.07, 6.45) is 0.211. The summed E-state index contributed by atoms with van der Waals surface area (Å²) >= 11 is 1.55. The zero-order valence-corrected chi connectivity index (χ0v) is 18.6. The molecule has 1 amide bonds. The molecule has 0 bridgehead atoms. The van der Waals surface area contributed by atoms with Crippen LogP contribution in [-0.4, -0.2) is 30.8 Å². The number of aryl methyl sites for hydroxylation is 3. The Kier molecular flexibility index (Phi) is 6.87. The van der Waals surface area contributed by atoms with Crippen LogP contribution in [0.25, 0.3) is 10.2 Å². The smallest absolute Gasteiger partial charge is 0.252 e. The Bertz CT molecular complexity index is 1100. The van der Waals surface area contributed by atoms with Crippen LogP contribution in [0.2, 0.25) is 0 Å². The predicted molar refractivity (Wildman–Crippen MR) is 118 cm³/mol. The number of carbonyl (C=O) groups is 1. The molecule has 2 aromatic carbocycles. The molecule has 1 heterocycles. The van der Waals surface area contributed by atoms with Gasteiger partial charge in [0.05, 0.1) is 30.4 Å². The number of amides is 1. The molecule has 0 N–H and O–H groups in total. The highest BCUT2D eigenvalue weighted by Crippen LogP contribution is 2.23. The van der Waals surface area contributed by atoms with Crippen molar-refractivity contribution in [1.29, 1.82) is 0 Å². The fourth-order valence-corrected chi connectivity index (χ4v) is 4.43. The van der Waals surface area contributed by atoms with Crippen molar-refractivity contribution in [2.24, 2.45) is 4.99 Å². The summed E-state index contributed by atoms with van der Waals surface area (Å²) in [7, 11) is 1.62. The molecule has 0 saturated heterocycles. The third-order valence-corrected chi connectivity index (χ3v) is 6.00. The van der Waals surface area contributed by atoms with Crippen molar-refractivity contribution < 1.29 is 14.3 Å². The molecule has 0 unspecified atom stereocenters. The first-order chi connectivity index (χ1) is 13.9. The number of methoxy groups -OCH3 is 1. The van der Waals surface area contributed by atoms with Crippen LogP contribution < -0.4 is 9.54 Å². The third-order valence-electron chi connectivity index (χ3n) is 4.96. The maximum absolute atomic E-state index is 12.8. The summed E-state index contributed by atoms with van der Waals surface area (Å²) < 4.78 is 14.2. The molecule has 5 nitrogen and oxygen atoms in total. The van der Waals surface area contributed by atoms with Crippen LogP contribution >= 0.6 is 11.3 Å². The molecule has 0 aliphatic carbocycles. The quantitative estimate of drug-likeness (QED) is 0.542. The largest absolute Gasteiger partial charge is 0.496 e. The number of benzene rings is 2. The lowest BCUT2D eigenvalue weighted by Crippen LogP contribution is -2.20. The molecule has 0 fully saturated rings. The number of thiazole rings is 1. The Morgan fingerprint density at radius 1 is 1.14 bits per heavy atom. The van der Waals surface area contributed by atoms with E-state index < -0.39 is 0 Å². The predicted octanol–water partition coefficient (Wildman–Crippen LogP) is 4.34. The molecule has 3 rings (SSSR count). The summed E-state index contributed by atoms with van der Waals surface area (Å²) in [4.78, 5) is 18.0. The Morgan fingerprint density at radius 2 is 1.90 bits per heavy atom. The van der Waals surface area contributed by atoms with Gasteiger partial charge in [0, 0.05) is 18.7 Å². The number of fused-ring (bicyclic) bond motifs is 1. The molecule has 0 saturated carbocycles. The lowest BCUT2D eigenvalue weighted by atomic mass is 10.1. The van der Waals surface area contributed by atoms with Crippen molar-refractivity contribution in [3.63, 3.8) is 0 Å². The first kappa shape index (κ1) is 21.3. The van der Waals surface area contributed by atoms with E-state index in [1.807, 2.05) is 32.0 Å². The first-order valence-corrected chi connectivity index (χ1v) is 10.6. The van der Waals surface area contributed by atoms with Crippen molar-refractivity contribution in [1.82, 2.24) is 4.57 Å². The van der Waals surface area contributed by atoms with E-state index in [0.717, 1.165) is 21.3 Å². The first-order valence-electron chi connectivity index (χ1n) is 9.82. The van der Waals surface area contributed by atoms with Gasteiger partial charge in [-0.15, -0.1) is 0 Å². The van der Waals surface area contributed by atoms with E-state index in [-0.39, 0.29) is 12.3 Å². The number of hydrogen-bond donors (Lipinski definition) is 0. The second kappa shape index (κ2) is 9.37. The van der Waals surface area contributed by atoms with Gasteiger partial charge in [0.1, 0.15) is 5.75 Å². The van der Waals surface area contributed by atoms with Crippen molar-refractivity contribution >= 4 is 27.5 Å². The lowest BCUT2D eigenvalue weighted by Gasteiger charge is -2.08. The molecule has 0 spiro atoms. The zero-order valence-electron chi connectivity index (χ0n) is 17.7. The van der Waals surface area contributed by atoms with E-state index in [1.54, 1.807) is 18.4 Å². The van der Waals surface area contributed by atoms with Crippen molar-refractivity contribution in [3.05, 3.63) is 57.4 Å². The summed E-state index contributed by atoms with van der Waals surface area (Å²) in [5.74, 6) is 0.532. The number of carbonyl (C=O) groups excluding carboxylic acids is 1. The van der Waals surface area contributed by atoms with Gasteiger partial charge in [-0.1, -0.05) is 29.0 Å². The Labute approximate surface area is 175 Å². The molecule has 29 heavy (non-hydrogen) atoms. The zero-order chi connectivity index (χ0) is 21.0. The summed E-state index contributed by atoms with van der Waals surface area (Å²) in [5, 5.41) is 0. The molecule has 1 aromatic heterocycles. The molecule has 3 aromatic rings. The number of nitrogens with zero attached hydrogens (tertiary/aromatic N) is 2. The Morgan fingerprint density at radius 3 is 2.62 bits per heavy atom. The number of hydrogen-bond acceptors (Lipinski definition) is 4. The van der Waals surface area contributed by atoms with E-state index >= 15 is 0 Å². The molecule has 0 aliphatic rings. The summed E-state index contributed by atoms with van der Waals surface area (Å²) in [6, 6.07) is 10.2. The number of aromatic nitrogens is 1. The minimum absolute atomic E-state index is 0.181. The minimum Gasteiger partial charge on any atom is -0.496 e. The van der Waals surface area contributed by atoms with Crippen molar-refractivity contribution in [2.45, 2.75) is 40.7 Å². The number of rotatable bonds is 7. The summed E-state index contributed by atoms with van der Waals surface area (Å²) in [5.41, 5.74) is 5.50. The molecular weight excluding hydrogens is 384 g/mol. The van der Waals surface area contributed by atoms with Crippen molar-refractivity contribution in [3.8, 4) is 5.75 Å². The highest BCUT2D eigenvalue weighted by Gasteiger charge is 2.12. The van der Waals surface area contributed by atoms with Crippen LogP contribution in [0.3, 0.4) is 0 Å². The third kappa shape index (κ3) is 4.95. The van der Waals surface area contributed by atoms with Gasteiger partial charge >= 0.3 is 0 Å².